The first-order valence-corrected chi connectivity index (χ1v) is 8.12. The van der Waals surface area contributed by atoms with E-state index in [2.05, 4.69) is 0 Å². The molecule has 0 unspecified atom stereocenters. The zero-order chi connectivity index (χ0) is 19.9. The summed E-state index contributed by atoms with van der Waals surface area (Å²) in [5.74, 6) is -1.82. The van der Waals surface area contributed by atoms with Gasteiger partial charge in [0.15, 0.2) is 5.03 Å². The summed E-state index contributed by atoms with van der Waals surface area (Å²) in [7, 11) is 0. The van der Waals surface area contributed by atoms with Crippen LogP contribution in [0.4, 0.5) is 26.3 Å². The van der Waals surface area contributed by atoms with E-state index in [0.717, 1.165) is 25.1 Å². The summed E-state index contributed by atoms with van der Waals surface area (Å²) in [6.45, 7) is 1.06. The first-order chi connectivity index (χ1) is 11.7. The van der Waals surface area contributed by atoms with Crippen molar-refractivity contribution >= 4 is 22.7 Å². The van der Waals surface area contributed by atoms with E-state index >= 15 is 0 Å². The number of halogens is 6. The van der Waals surface area contributed by atoms with Gasteiger partial charge in [-0.15, -0.1) is 11.8 Å². The molecular formula is C14H12F6N2O3S. The SMILES string of the molecule is C[C@@](O)(CSCC(F)(F)F)c1cc2ccc(C(F)(F)F)cc2n1[N+](=O)[O-]. The van der Waals surface area contributed by atoms with Crippen LogP contribution in [0.3, 0.4) is 0 Å². The van der Waals surface area contributed by atoms with Gasteiger partial charge in [-0.3, -0.25) is 0 Å². The van der Waals surface area contributed by atoms with Gasteiger partial charge in [-0.05, 0) is 25.1 Å². The molecule has 0 saturated carbocycles. The zero-order valence-electron chi connectivity index (χ0n) is 13.1. The summed E-state index contributed by atoms with van der Waals surface area (Å²) in [6, 6.07) is 3.37. The predicted molar refractivity (Wildman–Crippen MR) is 82.3 cm³/mol. The number of nitro groups is 1. The highest BCUT2D eigenvalue weighted by Gasteiger charge is 2.37. The summed E-state index contributed by atoms with van der Waals surface area (Å²) < 4.78 is 75.5. The lowest BCUT2D eigenvalue weighted by Gasteiger charge is -2.22. The number of thioether (sulfide) groups is 1. The highest BCUT2D eigenvalue weighted by atomic mass is 32.2. The Balaban J connectivity index is 2.49. The summed E-state index contributed by atoms with van der Waals surface area (Å²) in [4.78, 5) is 11.3. The molecule has 0 aliphatic carbocycles. The van der Waals surface area contributed by atoms with Gasteiger partial charge in [-0.25, -0.2) is 10.1 Å². The third-order valence-corrected chi connectivity index (χ3v) is 4.77. The van der Waals surface area contributed by atoms with Crippen molar-refractivity contribution in [3.63, 3.8) is 0 Å². The van der Waals surface area contributed by atoms with Crippen LogP contribution in [-0.4, -0.2) is 32.5 Å². The molecule has 2 aromatic rings. The van der Waals surface area contributed by atoms with E-state index in [1.165, 1.54) is 0 Å². The van der Waals surface area contributed by atoms with Crippen LogP contribution in [0.5, 0.6) is 0 Å². The highest BCUT2D eigenvalue weighted by molar-refractivity contribution is 7.99. The van der Waals surface area contributed by atoms with Gasteiger partial charge in [-0.1, -0.05) is 10.7 Å². The molecular weight excluding hydrogens is 390 g/mol. The van der Waals surface area contributed by atoms with Crippen LogP contribution < -0.4 is 0 Å². The second-order valence-electron chi connectivity index (χ2n) is 5.73. The number of benzene rings is 1. The van der Waals surface area contributed by atoms with Gasteiger partial charge in [0, 0.05) is 11.1 Å². The minimum atomic E-state index is -4.73. The van der Waals surface area contributed by atoms with Crippen molar-refractivity contribution in [2.24, 2.45) is 0 Å². The minimum Gasteiger partial charge on any atom is -0.383 e. The summed E-state index contributed by atoms with van der Waals surface area (Å²) in [5.41, 5.74) is -4.02. The van der Waals surface area contributed by atoms with Gasteiger partial charge in [0.1, 0.15) is 16.8 Å². The predicted octanol–water partition coefficient (Wildman–Crippen LogP) is 4.20. The first kappa shape index (κ1) is 20.4. The van der Waals surface area contributed by atoms with Crippen LogP contribution >= 0.6 is 11.8 Å². The van der Waals surface area contributed by atoms with Crippen molar-refractivity contribution < 1.29 is 36.5 Å². The fourth-order valence-electron chi connectivity index (χ4n) is 2.36. The number of nitrogens with zero attached hydrogens (tertiary/aromatic N) is 2. The molecule has 0 saturated heterocycles. The van der Waals surface area contributed by atoms with Crippen molar-refractivity contribution in [3.8, 4) is 0 Å². The number of hydrogen-bond acceptors (Lipinski definition) is 4. The quantitative estimate of drug-likeness (QED) is 0.462. The molecule has 1 aromatic heterocycles. The monoisotopic (exact) mass is 402 g/mol. The molecule has 12 heteroatoms. The molecule has 0 fully saturated rings. The van der Waals surface area contributed by atoms with Crippen molar-refractivity contribution in [2.75, 3.05) is 11.5 Å². The van der Waals surface area contributed by atoms with Gasteiger partial charge in [-0.2, -0.15) is 26.3 Å². The second-order valence-corrected chi connectivity index (χ2v) is 6.72. The second kappa shape index (κ2) is 6.65. The van der Waals surface area contributed by atoms with Crippen molar-refractivity contribution in [1.82, 2.24) is 4.68 Å². The topological polar surface area (TPSA) is 68.3 Å². The largest absolute Gasteiger partial charge is 0.416 e. The lowest BCUT2D eigenvalue weighted by atomic mass is 10.1. The number of rotatable bonds is 5. The minimum absolute atomic E-state index is 0.0470. The average molecular weight is 402 g/mol. The standard InChI is InChI=1S/C14H12F6N2O3S/c1-12(23,6-26-7-13(15,16)17)11-4-8-2-3-9(14(18,19)20)5-10(8)21(11)22(24)25/h2-5,23H,6-7H2,1H3/t12-/m1/s1. The van der Waals surface area contributed by atoms with E-state index in [0.29, 0.717) is 17.8 Å². The summed E-state index contributed by atoms with van der Waals surface area (Å²) >= 11 is 0.309. The van der Waals surface area contributed by atoms with E-state index in [9.17, 15) is 41.6 Å². The first-order valence-electron chi connectivity index (χ1n) is 6.97. The van der Waals surface area contributed by atoms with Gasteiger partial charge in [0.25, 0.3) is 0 Å². The Morgan fingerprint density at radius 2 is 1.77 bits per heavy atom. The van der Waals surface area contributed by atoms with E-state index < -0.39 is 51.3 Å². The molecule has 1 aromatic carbocycles. The van der Waals surface area contributed by atoms with Crippen LogP contribution in [0.25, 0.3) is 10.9 Å². The van der Waals surface area contributed by atoms with Gasteiger partial charge in [0.05, 0.1) is 11.3 Å². The van der Waals surface area contributed by atoms with Crippen LogP contribution in [0, 0.1) is 10.1 Å². The molecule has 1 N–H and O–H groups in total. The van der Waals surface area contributed by atoms with Gasteiger partial charge in [0.2, 0.25) is 0 Å². The number of alkyl halides is 6. The van der Waals surface area contributed by atoms with E-state index in [-0.39, 0.29) is 10.1 Å². The third-order valence-electron chi connectivity index (χ3n) is 3.47. The molecule has 0 amide bonds. The Morgan fingerprint density at radius 3 is 2.27 bits per heavy atom. The van der Waals surface area contributed by atoms with Crippen molar-refractivity contribution in [1.29, 1.82) is 0 Å². The van der Waals surface area contributed by atoms with Crippen LogP contribution in [0.15, 0.2) is 24.3 Å². The maximum atomic E-state index is 12.8. The van der Waals surface area contributed by atoms with Crippen molar-refractivity contribution in [2.45, 2.75) is 24.9 Å². The van der Waals surface area contributed by atoms with Crippen LogP contribution in [-0.2, 0) is 11.8 Å². The Hall–Kier alpha value is -1.95. The average Bonchev–Trinajstić information content (AvgIpc) is 2.83. The number of aromatic nitrogens is 1. The molecule has 1 atom stereocenters. The molecule has 0 aliphatic rings. The molecule has 26 heavy (non-hydrogen) atoms. The lowest BCUT2D eigenvalue weighted by Crippen LogP contribution is -2.30. The summed E-state index contributed by atoms with van der Waals surface area (Å²) in [5, 5.41) is 20.8. The molecule has 0 aliphatic heterocycles. The Labute approximate surface area is 146 Å². The van der Waals surface area contributed by atoms with E-state index in [1.807, 2.05) is 0 Å². The van der Waals surface area contributed by atoms with Crippen LogP contribution in [0.2, 0.25) is 0 Å². The molecule has 1 heterocycles. The van der Waals surface area contributed by atoms with E-state index in [4.69, 9.17) is 0 Å². The van der Waals surface area contributed by atoms with Gasteiger partial charge >= 0.3 is 12.4 Å². The molecule has 0 radical (unpaired) electrons. The molecule has 0 bridgehead atoms. The summed E-state index contributed by atoms with van der Waals surface area (Å²) in [6.07, 6.45) is -9.22. The Kier molecular flexibility index (Phi) is 5.21. The number of aliphatic hydroxyl groups is 1. The molecule has 144 valence electrons. The fraction of sp³-hybridized carbons (Fsp3) is 0.429. The Morgan fingerprint density at radius 1 is 1.15 bits per heavy atom. The van der Waals surface area contributed by atoms with Crippen LogP contribution in [0.1, 0.15) is 18.2 Å². The third kappa shape index (κ3) is 4.41. The maximum Gasteiger partial charge on any atom is 0.416 e. The maximum absolute atomic E-state index is 12.8. The fourth-order valence-corrected chi connectivity index (χ4v) is 3.24. The number of fused-ring (bicyclic) bond motifs is 1. The molecule has 0 spiro atoms. The number of hydrogen-bond donors (Lipinski definition) is 1. The van der Waals surface area contributed by atoms with Gasteiger partial charge < -0.3 is 5.11 Å². The normalized spacial score (nSPS) is 15.2. The van der Waals surface area contributed by atoms with E-state index in [1.54, 1.807) is 0 Å². The smallest absolute Gasteiger partial charge is 0.383 e. The highest BCUT2D eigenvalue weighted by Crippen LogP contribution is 2.36. The Bertz CT molecular complexity index is 828. The zero-order valence-corrected chi connectivity index (χ0v) is 13.9. The molecule has 2 rings (SSSR count). The molecule has 5 nitrogen and oxygen atoms in total. The van der Waals surface area contributed by atoms with Crippen molar-refractivity contribution in [3.05, 3.63) is 45.6 Å². The lowest BCUT2D eigenvalue weighted by molar-refractivity contribution is -0.540.